The van der Waals surface area contributed by atoms with Crippen LogP contribution in [0.3, 0.4) is 0 Å². The second-order valence-electron chi connectivity index (χ2n) is 2.80. The van der Waals surface area contributed by atoms with Crippen molar-refractivity contribution in [3.8, 4) is 0 Å². The molecule has 0 bridgehead atoms. The number of alkyl halides is 1. The zero-order chi connectivity index (χ0) is 10.8. The predicted octanol–water partition coefficient (Wildman–Crippen LogP) is 2.06. The third-order valence-corrected chi connectivity index (χ3v) is 1.85. The van der Waals surface area contributed by atoms with E-state index in [0.717, 1.165) is 18.7 Å². The third kappa shape index (κ3) is 6.78. The van der Waals surface area contributed by atoms with Crippen LogP contribution in [0.25, 0.3) is 0 Å². The summed E-state index contributed by atoms with van der Waals surface area (Å²) in [6.07, 6.45) is 3.10. The number of allylic oxidation sites excluding steroid dienone is 1. The smallest absolute Gasteiger partial charge is 0.309 e. The number of halogens is 1. The molecule has 0 aliphatic carbocycles. The molecule has 0 aromatic carbocycles. The van der Waals surface area contributed by atoms with Crippen molar-refractivity contribution in [3.05, 3.63) is 11.8 Å². The quantitative estimate of drug-likeness (QED) is 0.526. The SMILES string of the molecule is CCCNC(=CCC(=O)OCC)CCl. The van der Waals surface area contributed by atoms with Gasteiger partial charge in [-0.25, -0.2) is 0 Å². The second kappa shape index (κ2) is 8.88. The van der Waals surface area contributed by atoms with Gasteiger partial charge in [-0.2, -0.15) is 0 Å². The molecule has 0 fully saturated rings. The summed E-state index contributed by atoms with van der Waals surface area (Å²) in [7, 11) is 0. The maximum Gasteiger partial charge on any atom is 0.309 e. The van der Waals surface area contributed by atoms with E-state index in [1.165, 1.54) is 0 Å². The average molecular weight is 220 g/mol. The van der Waals surface area contributed by atoms with E-state index in [9.17, 15) is 4.79 Å². The molecular formula is C10H18ClNO2. The van der Waals surface area contributed by atoms with E-state index in [2.05, 4.69) is 12.2 Å². The van der Waals surface area contributed by atoms with Crippen LogP contribution in [0.4, 0.5) is 0 Å². The van der Waals surface area contributed by atoms with Gasteiger partial charge in [-0.15, -0.1) is 11.6 Å². The van der Waals surface area contributed by atoms with Gasteiger partial charge in [-0.3, -0.25) is 4.79 Å². The first-order chi connectivity index (χ1) is 6.74. The summed E-state index contributed by atoms with van der Waals surface area (Å²) in [5.41, 5.74) is 0.890. The first kappa shape index (κ1) is 13.3. The van der Waals surface area contributed by atoms with Crippen molar-refractivity contribution in [2.24, 2.45) is 0 Å². The van der Waals surface area contributed by atoms with Gasteiger partial charge in [0.15, 0.2) is 0 Å². The Kier molecular flexibility index (Phi) is 8.43. The molecule has 1 N–H and O–H groups in total. The lowest BCUT2D eigenvalue weighted by Gasteiger charge is -2.06. The van der Waals surface area contributed by atoms with Gasteiger partial charge in [-0.1, -0.05) is 13.0 Å². The minimum absolute atomic E-state index is 0.214. The molecule has 0 aromatic heterocycles. The molecule has 0 atom stereocenters. The predicted molar refractivity (Wildman–Crippen MR) is 58.3 cm³/mol. The van der Waals surface area contributed by atoms with Crippen LogP contribution in [0, 0.1) is 0 Å². The summed E-state index contributed by atoms with van der Waals surface area (Å²) >= 11 is 5.68. The highest BCUT2D eigenvalue weighted by molar-refractivity contribution is 6.19. The highest BCUT2D eigenvalue weighted by Crippen LogP contribution is 1.97. The van der Waals surface area contributed by atoms with Crippen molar-refractivity contribution in [2.75, 3.05) is 19.0 Å². The van der Waals surface area contributed by atoms with Gasteiger partial charge in [0.1, 0.15) is 0 Å². The highest BCUT2D eigenvalue weighted by Gasteiger charge is 1.99. The van der Waals surface area contributed by atoms with E-state index in [-0.39, 0.29) is 12.4 Å². The van der Waals surface area contributed by atoms with Gasteiger partial charge in [0.2, 0.25) is 0 Å². The molecule has 82 valence electrons. The van der Waals surface area contributed by atoms with Gasteiger partial charge < -0.3 is 10.1 Å². The Balaban J connectivity index is 3.84. The van der Waals surface area contributed by atoms with E-state index in [1.54, 1.807) is 13.0 Å². The molecule has 0 unspecified atom stereocenters. The van der Waals surface area contributed by atoms with Crippen LogP contribution in [0.5, 0.6) is 0 Å². The molecule has 0 aliphatic rings. The molecule has 0 heterocycles. The van der Waals surface area contributed by atoms with Crippen LogP contribution < -0.4 is 5.32 Å². The van der Waals surface area contributed by atoms with Crippen molar-refractivity contribution in [2.45, 2.75) is 26.7 Å². The zero-order valence-corrected chi connectivity index (χ0v) is 9.56. The lowest BCUT2D eigenvalue weighted by atomic mass is 10.3. The third-order valence-electron chi connectivity index (χ3n) is 1.57. The second-order valence-corrected chi connectivity index (χ2v) is 3.07. The van der Waals surface area contributed by atoms with E-state index < -0.39 is 0 Å². The Morgan fingerprint density at radius 1 is 1.50 bits per heavy atom. The van der Waals surface area contributed by atoms with Crippen LogP contribution in [0.2, 0.25) is 0 Å². The van der Waals surface area contributed by atoms with Crippen LogP contribution in [-0.4, -0.2) is 25.0 Å². The topological polar surface area (TPSA) is 38.3 Å². The lowest BCUT2D eigenvalue weighted by Crippen LogP contribution is -2.15. The summed E-state index contributed by atoms with van der Waals surface area (Å²) in [6.45, 7) is 5.16. The minimum Gasteiger partial charge on any atom is -0.466 e. The van der Waals surface area contributed by atoms with Crippen LogP contribution >= 0.6 is 11.6 Å². The number of carbonyl (C=O) groups is 1. The fraction of sp³-hybridized carbons (Fsp3) is 0.700. The summed E-state index contributed by atoms with van der Waals surface area (Å²) in [5.74, 6) is 0.188. The minimum atomic E-state index is -0.214. The fourth-order valence-corrected chi connectivity index (χ4v) is 1.09. The number of carbonyl (C=O) groups excluding carboxylic acids is 1. The molecule has 0 radical (unpaired) electrons. The van der Waals surface area contributed by atoms with Crippen molar-refractivity contribution in [3.63, 3.8) is 0 Å². The van der Waals surface area contributed by atoms with Crippen LogP contribution in [-0.2, 0) is 9.53 Å². The molecule has 0 saturated heterocycles. The maximum atomic E-state index is 11.0. The Morgan fingerprint density at radius 2 is 2.21 bits per heavy atom. The Bertz CT molecular complexity index is 193. The number of hydrogen-bond acceptors (Lipinski definition) is 3. The Hall–Kier alpha value is -0.700. The van der Waals surface area contributed by atoms with Crippen molar-refractivity contribution >= 4 is 17.6 Å². The monoisotopic (exact) mass is 219 g/mol. The Morgan fingerprint density at radius 3 is 2.71 bits per heavy atom. The van der Waals surface area contributed by atoms with Crippen molar-refractivity contribution in [1.29, 1.82) is 0 Å². The number of nitrogens with one attached hydrogen (secondary N) is 1. The van der Waals surface area contributed by atoms with Crippen molar-refractivity contribution < 1.29 is 9.53 Å². The molecule has 0 aromatic rings. The maximum absolute atomic E-state index is 11.0. The first-order valence-electron chi connectivity index (χ1n) is 4.89. The standard InChI is InChI=1S/C10H18ClNO2/c1-3-7-12-9(8-11)5-6-10(13)14-4-2/h5,12H,3-4,6-8H2,1-2H3. The summed E-state index contributed by atoms with van der Waals surface area (Å²) < 4.78 is 4.79. The number of ether oxygens (including phenoxy) is 1. The van der Waals surface area contributed by atoms with E-state index >= 15 is 0 Å². The summed E-state index contributed by atoms with van der Waals surface area (Å²) in [6, 6.07) is 0. The van der Waals surface area contributed by atoms with Gasteiger partial charge in [-0.05, 0) is 13.3 Å². The molecule has 0 rings (SSSR count). The van der Waals surface area contributed by atoms with Gasteiger partial charge in [0.25, 0.3) is 0 Å². The van der Waals surface area contributed by atoms with E-state index in [1.807, 2.05) is 0 Å². The number of hydrogen-bond donors (Lipinski definition) is 1. The van der Waals surface area contributed by atoms with Crippen LogP contribution in [0.1, 0.15) is 26.7 Å². The molecule has 0 spiro atoms. The van der Waals surface area contributed by atoms with Gasteiger partial charge in [0.05, 0.1) is 18.9 Å². The molecule has 0 aliphatic heterocycles. The van der Waals surface area contributed by atoms with E-state index in [0.29, 0.717) is 12.5 Å². The van der Waals surface area contributed by atoms with Crippen LogP contribution in [0.15, 0.2) is 11.8 Å². The molecule has 3 nitrogen and oxygen atoms in total. The molecule has 0 amide bonds. The average Bonchev–Trinajstić information content (AvgIpc) is 2.19. The van der Waals surface area contributed by atoms with E-state index in [4.69, 9.17) is 16.3 Å². The summed E-state index contributed by atoms with van der Waals surface area (Å²) in [5, 5.41) is 3.14. The number of rotatable bonds is 7. The normalized spacial score (nSPS) is 11.2. The first-order valence-corrected chi connectivity index (χ1v) is 5.42. The summed E-state index contributed by atoms with van der Waals surface area (Å²) in [4.78, 5) is 11.0. The fourth-order valence-electron chi connectivity index (χ4n) is 0.886. The zero-order valence-electron chi connectivity index (χ0n) is 8.81. The molecule has 4 heteroatoms. The highest BCUT2D eigenvalue weighted by atomic mass is 35.5. The molecule has 14 heavy (non-hydrogen) atoms. The Labute approximate surface area is 90.5 Å². The molecular weight excluding hydrogens is 202 g/mol. The largest absolute Gasteiger partial charge is 0.466 e. The molecule has 0 saturated carbocycles. The van der Waals surface area contributed by atoms with Gasteiger partial charge >= 0.3 is 5.97 Å². The van der Waals surface area contributed by atoms with Gasteiger partial charge in [0, 0.05) is 12.2 Å². The lowest BCUT2D eigenvalue weighted by molar-refractivity contribution is -0.142. The van der Waals surface area contributed by atoms with Crippen molar-refractivity contribution in [1.82, 2.24) is 5.32 Å². The number of esters is 1.